The standard InChI is InChI=1S/C30H38N4.C20H24N3.Ir/c1-21-13-22(2)16-29(15-21)33-19-31(25(5)27(33)7)11-9-10-12-32-20-34(28(8)26(32)6)30-17-23(3)14-24(4)18-30;1-19(2,3)16-17(20(4,5)6)23-13-12-21-15(18(23)22-16)14-10-8-7-9-11-14;/h13-15,17,19-20H,9-12H2,1-8H3;7-10,12-13H,1-6H3;/q-4;-1;. The fourth-order valence-corrected chi connectivity index (χ4v) is 7.84. The summed E-state index contributed by atoms with van der Waals surface area (Å²) >= 11 is 0. The Labute approximate surface area is 363 Å². The number of anilines is 2. The summed E-state index contributed by atoms with van der Waals surface area (Å²) in [6, 6.07) is 27.0. The van der Waals surface area contributed by atoms with Crippen molar-refractivity contribution in [2.45, 2.75) is 121 Å². The summed E-state index contributed by atoms with van der Waals surface area (Å²) in [6.45, 7) is 37.2. The van der Waals surface area contributed by atoms with Gasteiger partial charge in [0.25, 0.3) is 0 Å². The molecule has 311 valence electrons. The fraction of sp³-hybridized carbons (Fsp3) is 0.400. The maximum absolute atomic E-state index is 5.01. The van der Waals surface area contributed by atoms with E-state index in [1.54, 1.807) is 0 Å². The van der Waals surface area contributed by atoms with Crippen LogP contribution in [0.2, 0.25) is 0 Å². The molecule has 7 rings (SSSR count). The van der Waals surface area contributed by atoms with Crippen molar-refractivity contribution < 1.29 is 20.1 Å². The van der Waals surface area contributed by atoms with Crippen molar-refractivity contribution in [3.63, 3.8) is 0 Å². The maximum Gasteiger partial charge on any atom is 0.120 e. The van der Waals surface area contributed by atoms with E-state index in [1.807, 2.05) is 36.7 Å². The first-order valence-electron chi connectivity index (χ1n) is 20.4. The number of nitrogens with zero attached hydrogens (tertiary/aromatic N) is 7. The van der Waals surface area contributed by atoms with Gasteiger partial charge in [0.05, 0.1) is 11.4 Å². The molecule has 2 aromatic heterocycles. The van der Waals surface area contributed by atoms with Crippen molar-refractivity contribution in [3.05, 3.63) is 149 Å². The number of allylic oxidation sites excluding steroid dienone is 4. The van der Waals surface area contributed by atoms with Crippen LogP contribution in [0.4, 0.5) is 11.4 Å². The molecule has 0 spiro atoms. The van der Waals surface area contributed by atoms with E-state index in [4.69, 9.17) is 4.98 Å². The van der Waals surface area contributed by atoms with Gasteiger partial charge in [-0.15, -0.1) is 59.4 Å². The number of rotatable bonds is 8. The van der Waals surface area contributed by atoms with E-state index in [-0.39, 0.29) is 30.9 Å². The summed E-state index contributed by atoms with van der Waals surface area (Å²) in [7, 11) is 0. The second-order valence-electron chi connectivity index (χ2n) is 17.9. The van der Waals surface area contributed by atoms with Crippen molar-refractivity contribution in [2.75, 3.05) is 22.9 Å². The van der Waals surface area contributed by atoms with E-state index < -0.39 is 0 Å². The minimum atomic E-state index is -0.0215. The maximum atomic E-state index is 5.01. The zero-order chi connectivity index (χ0) is 41.4. The first-order chi connectivity index (χ1) is 26.8. The molecule has 0 bridgehead atoms. The Kier molecular flexibility index (Phi) is 13.8. The first kappa shape index (κ1) is 44.7. The molecule has 0 saturated heterocycles. The zero-order valence-corrected chi connectivity index (χ0v) is 39.6. The van der Waals surface area contributed by atoms with Crippen LogP contribution in [0.15, 0.2) is 83.7 Å². The molecule has 1 radical (unpaired) electrons. The van der Waals surface area contributed by atoms with Crippen LogP contribution in [0.5, 0.6) is 0 Å². The number of imidazole rings is 1. The molecule has 5 aromatic rings. The number of aryl methyl sites for hydroxylation is 4. The number of fused-ring (bicyclic) bond motifs is 1. The Balaban J connectivity index is 0.000000233. The minimum Gasteiger partial charge on any atom is -0.505 e. The van der Waals surface area contributed by atoms with Gasteiger partial charge in [-0.05, 0) is 65.0 Å². The van der Waals surface area contributed by atoms with Crippen LogP contribution in [0.25, 0.3) is 16.9 Å². The Morgan fingerprint density at radius 2 is 1.17 bits per heavy atom. The predicted octanol–water partition coefficient (Wildman–Crippen LogP) is 11.8. The van der Waals surface area contributed by atoms with Gasteiger partial charge in [0, 0.05) is 60.4 Å². The van der Waals surface area contributed by atoms with Gasteiger partial charge in [0.2, 0.25) is 0 Å². The molecule has 4 heterocycles. The molecule has 3 aromatic carbocycles. The number of hydrogen-bond donors (Lipinski definition) is 0. The van der Waals surface area contributed by atoms with Gasteiger partial charge < -0.3 is 24.0 Å². The average Bonchev–Trinajstić information content (AvgIpc) is 3.77. The van der Waals surface area contributed by atoms with Crippen LogP contribution >= 0.6 is 0 Å². The molecular formula is C50H62IrN7-5. The third-order valence-electron chi connectivity index (χ3n) is 10.9. The second-order valence-corrected chi connectivity index (χ2v) is 17.9. The van der Waals surface area contributed by atoms with Crippen molar-refractivity contribution in [2.24, 2.45) is 0 Å². The first-order valence-corrected chi connectivity index (χ1v) is 20.4. The summed E-state index contributed by atoms with van der Waals surface area (Å²) in [5, 5.41) is 0. The number of unbranched alkanes of at least 4 members (excludes halogenated alkanes) is 1. The summed E-state index contributed by atoms with van der Waals surface area (Å²) in [6.07, 6.45) is 6.15. The second kappa shape index (κ2) is 17.8. The summed E-state index contributed by atoms with van der Waals surface area (Å²) in [4.78, 5) is 18.9. The molecule has 0 saturated carbocycles. The zero-order valence-electron chi connectivity index (χ0n) is 37.2. The van der Waals surface area contributed by atoms with E-state index in [1.165, 1.54) is 50.7 Å². The Hall–Kier alpha value is -4.39. The van der Waals surface area contributed by atoms with Crippen LogP contribution in [-0.4, -0.2) is 37.3 Å². The fourth-order valence-electron chi connectivity index (χ4n) is 7.84. The van der Waals surface area contributed by atoms with Crippen LogP contribution in [0, 0.1) is 59.2 Å². The van der Waals surface area contributed by atoms with Gasteiger partial charge in [-0.2, -0.15) is 59.9 Å². The Morgan fingerprint density at radius 1 is 0.655 bits per heavy atom. The van der Waals surface area contributed by atoms with Crippen molar-refractivity contribution in [3.8, 4) is 11.3 Å². The molecule has 2 aliphatic rings. The Morgan fingerprint density at radius 3 is 1.60 bits per heavy atom. The predicted molar refractivity (Wildman–Crippen MR) is 237 cm³/mol. The van der Waals surface area contributed by atoms with Crippen molar-refractivity contribution in [1.29, 1.82) is 0 Å². The molecule has 2 aliphatic heterocycles. The number of hydrogen-bond acceptors (Lipinski definition) is 6. The Bertz CT molecular complexity index is 2160. The van der Waals surface area contributed by atoms with E-state index in [2.05, 4.69) is 182 Å². The molecule has 0 amide bonds. The van der Waals surface area contributed by atoms with E-state index in [9.17, 15) is 0 Å². The van der Waals surface area contributed by atoms with Crippen LogP contribution in [0.3, 0.4) is 0 Å². The smallest absolute Gasteiger partial charge is 0.120 e. The van der Waals surface area contributed by atoms with Gasteiger partial charge in [-0.3, -0.25) is 4.98 Å². The number of benzene rings is 3. The average molecular weight is 953 g/mol. The summed E-state index contributed by atoms with van der Waals surface area (Å²) in [5.74, 6) is 0. The van der Waals surface area contributed by atoms with Crippen molar-refractivity contribution in [1.82, 2.24) is 24.2 Å². The summed E-state index contributed by atoms with van der Waals surface area (Å²) in [5.41, 5.74) is 17.5. The topological polar surface area (TPSA) is 43.2 Å². The summed E-state index contributed by atoms with van der Waals surface area (Å²) < 4.78 is 2.20. The van der Waals surface area contributed by atoms with E-state index >= 15 is 0 Å². The molecule has 0 fully saturated rings. The number of aromatic nitrogens is 3. The SMILES string of the molecule is CC(C)(C)c1nc2c(-c3[c-]cccc3)nccn2c1C(C)(C)C.CC1=C(C)N(c2[c-]c(C)cc(C)c2)[CH-]N1CCCCN1[CH-]N(c2[c-]c(C)cc(C)c2)C(C)=C1C.[Ir]. The monoisotopic (exact) mass is 953 g/mol. The van der Waals surface area contributed by atoms with Crippen molar-refractivity contribution >= 4 is 17.0 Å². The normalized spacial score (nSPS) is 14.8. The quantitative estimate of drug-likeness (QED) is 0.114. The largest absolute Gasteiger partial charge is 0.505 e. The van der Waals surface area contributed by atoms with Crippen LogP contribution in [-0.2, 0) is 30.9 Å². The third-order valence-corrected chi connectivity index (χ3v) is 10.9. The van der Waals surface area contributed by atoms with Crippen LogP contribution in [0.1, 0.15) is 116 Å². The van der Waals surface area contributed by atoms with Gasteiger partial charge in [-0.25, -0.2) is 4.98 Å². The molecular weight excluding hydrogens is 891 g/mol. The molecule has 0 unspecified atom stereocenters. The molecule has 0 N–H and O–H groups in total. The molecule has 0 aliphatic carbocycles. The molecule has 7 nitrogen and oxygen atoms in total. The van der Waals surface area contributed by atoms with E-state index in [0.29, 0.717) is 0 Å². The molecule has 8 heteroatoms. The van der Waals surface area contributed by atoms with Gasteiger partial charge in [-0.1, -0.05) is 69.2 Å². The minimum absolute atomic E-state index is 0. The van der Waals surface area contributed by atoms with Gasteiger partial charge in [0.1, 0.15) is 5.65 Å². The van der Waals surface area contributed by atoms with E-state index in [0.717, 1.165) is 59.9 Å². The molecule has 58 heavy (non-hydrogen) atoms. The third kappa shape index (κ3) is 9.72. The van der Waals surface area contributed by atoms with Crippen LogP contribution < -0.4 is 9.80 Å². The molecule has 0 atom stereocenters. The van der Waals surface area contributed by atoms with Gasteiger partial charge >= 0.3 is 0 Å². The van der Waals surface area contributed by atoms with Gasteiger partial charge in [0.15, 0.2) is 0 Å².